The standard InChI is InChI=1S/C16H15F2N3O3/c1-23-14-15(20-6-5-19-14)24-11-4-7-21(9-11)16(22)12-3-2-10(17)8-13(12)18/h2-3,5-6,8,11H,4,7,9H2,1H3/t11-/m0/s1. The van der Waals surface area contributed by atoms with Gasteiger partial charge in [0.05, 0.1) is 19.2 Å². The molecule has 1 amide bonds. The van der Waals surface area contributed by atoms with Gasteiger partial charge in [0, 0.05) is 31.4 Å². The molecular weight excluding hydrogens is 320 g/mol. The second kappa shape index (κ2) is 6.77. The zero-order valence-corrected chi connectivity index (χ0v) is 12.9. The summed E-state index contributed by atoms with van der Waals surface area (Å²) in [5, 5.41) is 0. The third-order valence-corrected chi connectivity index (χ3v) is 3.70. The number of likely N-dealkylation sites (tertiary alicyclic amines) is 1. The molecule has 2 heterocycles. The highest BCUT2D eigenvalue weighted by Crippen LogP contribution is 2.24. The van der Waals surface area contributed by atoms with Crippen LogP contribution in [0.3, 0.4) is 0 Å². The highest BCUT2D eigenvalue weighted by atomic mass is 19.1. The van der Waals surface area contributed by atoms with Crippen molar-refractivity contribution in [3.63, 3.8) is 0 Å². The predicted molar refractivity (Wildman–Crippen MR) is 79.9 cm³/mol. The molecule has 0 aliphatic carbocycles. The molecule has 24 heavy (non-hydrogen) atoms. The Balaban J connectivity index is 1.68. The molecular formula is C16H15F2N3O3. The van der Waals surface area contributed by atoms with E-state index >= 15 is 0 Å². The molecule has 1 saturated heterocycles. The van der Waals surface area contributed by atoms with E-state index in [4.69, 9.17) is 9.47 Å². The van der Waals surface area contributed by atoms with Crippen LogP contribution in [0.2, 0.25) is 0 Å². The third-order valence-electron chi connectivity index (χ3n) is 3.70. The number of methoxy groups -OCH3 is 1. The fourth-order valence-corrected chi connectivity index (χ4v) is 2.53. The highest BCUT2D eigenvalue weighted by molar-refractivity contribution is 5.94. The Morgan fingerprint density at radius 3 is 2.71 bits per heavy atom. The van der Waals surface area contributed by atoms with Gasteiger partial charge in [-0.15, -0.1) is 0 Å². The Hall–Kier alpha value is -2.77. The van der Waals surface area contributed by atoms with Crippen molar-refractivity contribution in [2.75, 3.05) is 20.2 Å². The van der Waals surface area contributed by atoms with E-state index in [1.54, 1.807) is 0 Å². The van der Waals surface area contributed by atoms with Crippen LogP contribution in [0.15, 0.2) is 30.6 Å². The number of amides is 1. The van der Waals surface area contributed by atoms with Crippen LogP contribution >= 0.6 is 0 Å². The number of aromatic nitrogens is 2. The van der Waals surface area contributed by atoms with Crippen molar-refractivity contribution in [1.82, 2.24) is 14.9 Å². The van der Waals surface area contributed by atoms with Crippen molar-refractivity contribution in [2.45, 2.75) is 12.5 Å². The van der Waals surface area contributed by atoms with E-state index in [1.807, 2.05) is 0 Å². The van der Waals surface area contributed by atoms with E-state index in [9.17, 15) is 13.6 Å². The monoisotopic (exact) mass is 335 g/mol. The summed E-state index contributed by atoms with van der Waals surface area (Å²) in [4.78, 5) is 21.9. The summed E-state index contributed by atoms with van der Waals surface area (Å²) < 4.78 is 37.5. The minimum Gasteiger partial charge on any atom is -0.477 e. The lowest BCUT2D eigenvalue weighted by Gasteiger charge is -2.17. The van der Waals surface area contributed by atoms with E-state index in [0.29, 0.717) is 19.0 Å². The second-order valence-electron chi connectivity index (χ2n) is 5.27. The topological polar surface area (TPSA) is 64.6 Å². The van der Waals surface area contributed by atoms with E-state index in [-0.39, 0.29) is 30.0 Å². The molecule has 0 bridgehead atoms. The van der Waals surface area contributed by atoms with Gasteiger partial charge in [-0.3, -0.25) is 4.79 Å². The molecule has 2 aromatic rings. The van der Waals surface area contributed by atoms with Gasteiger partial charge in [-0.2, -0.15) is 0 Å². The SMILES string of the molecule is COc1nccnc1O[C@H]1CCN(C(=O)c2ccc(F)cc2F)C1. The van der Waals surface area contributed by atoms with Gasteiger partial charge in [0.1, 0.15) is 17.7 Å². The summed E-state index contributed by atoms with van der Waals surface area (Å²) in [7, 11) is 1.46. The Morgan fingerprint density at radius 2 is 2.00 bits per heavy atom. The normalized spacial score (nSPS) is 17.0. The first kappa shape index (κ1) is 16.1. The Kier molecular flexibility index (Phi) is 4.54. The van der Waals surface area contributed by atoms with Gasteiger partial charge in [0.2, 0.25) is 0 Å². The van der Waals surface area contributed by atoms with Gasteiger partial charge >= 0.3 is 0 Å². The number of benzene rings is 1. The average Bonchev–Trinajstić information content (AvgIpc) is 3.03. The number of rotatable bonds is 4. The average molecular weight is 335 g/mol. The molecule has 1 aromatic heterocycles. The number of carbonyl (C=O) groups excluding carboxylic acids is 1. The number of hydrogen-bond acceptors (Lipinski definition) is 5. The molecule has 0 saturated carbocycles. The van der Waals surface area contributed by atoms with E-state index in [0.717, 1.165) is 12.1 Å². The molecule has 126 valence electrons. The Labute approximate surface area is 137 Å². The van der Waals surface area contributed by atoms with E-state index < -0.39 is 17.5 Å². The lowest BCUT2D eigenvalue weighted by molar-refractivity contribution is 0.0765. The lowest BCUT2D eigenvalue weighted by Crippen LogP contribution is -2.31. The largest absolute Gasteiger partial charge is 0.477 e. The van der Waals surface area contributed by atoms with Crippen molar-refractivity contribution in [1.29, 1.82) is 0 Å². The molecule has 1 aliphatic rings. The van der Waals surface area contributed by atoms with Crippen molar-refractivity contribution < 1.29 is 23.0 Å². The van der Waals surface area contributed by atoms with Gasteiger partial charge in [0.15, 0.2) is 0 Å². The van der Waals surface area contributed by atoms with Crippen molar-refractivity contribution in [2.24, 2.45) is 0 Å². The van der Waals surface area contributed by atoms with Crippen LogP contribution in [0.5, 0.6) is 11.8 Å². The summed E-state index contributed by atoms with van der Waals surface area (Å²) in [6.07, 6.45) is 3.22. The predicted octanol–water partition coefficient (Wildman–Crippen LogP) is 2.06. The highest BCUT2D eigenvalue weighted by Gasteiger charge is 2.30. The summed E-state index contributed by atoms with van der Waals surface area (Å²) in [6.45, 7) is 0.679. The number of carbonyl (C=O) groups is 1. The van der Waals surface area contributed by atoms with Gasteiger partial charge in [-0.25, -0.2) is 18.7 Å². The van der Waals surface area contributed by atoms with Crippen LogP contribution in [0, 0.1) is 11.6 Å². The molecule has 8 heteroatoms. The molecule has 1 fully saturated rings. The van der Waals surface area contributed by atoms with E-state index in [1.165, 1.54) is 24.4 Å². The molecule has 3 rings (SSSR count). The first-order valence-corrected chi connectivity index (χ1v) is 7.34. The first-order valence-electron chi connectivity index (χ1n) is 7.34. The van der Waals surface area contributed by atoms with Crippen LogP contribution in [-0.4, -0.2) is 47.1 Å². The number of nitrogens with zero attached hydrogens (tertiary/aromatic N) is 3. The first-order chi connectivity index (χ1) is 11.6. The molecule has 0 N–H and O–H groups in total. The summed E-state index contributed by atoms with van der Waals surface area (Å²) in [6, 6.07) is 2.90. The fraction of sp³-hybridized carbons (Fsp3) is 0.312. The zero-order chi connectivity index (χ0) is 17.1. The maximum Gasteiger partial charge on any atom is 0.278 e. The maximum atomic E-state index is 13.7. The van der Waals surface area contributed by atoms with Crippen LogP contribution in [-0.2, 0) is 0 Å². The summed E-state index contributed by atoms with van der Waals surface area (Å²) in [5.74, 6) is -1.59. The van der Waals surface area contributed by atoms with Gasteiger partial charge in [-0.05, 0) is 12.1 Å². The minimum atomic E-state index is -0.875. The van der Waals surface area contributed by atoms with Gasteiger partial charge < -0.3 is 14.4 Å². The van der Waals surface area contributed by atoms with Crippen LogP contribution in [0.25, 0.3) is 0 Å². The molecule has 1 atom stereocenters. The minimum absolute atomic E-state index is 0.158. The molecule has 0 spiro atoms. The summed E-state index contributed by atoms with van der Waals surface area (Å²) in [5.41, 5.74) is -0.158. The molecule has 0 radical (unpaired) electrons. The molecule has 1 aliphatic heterocycles. The maximum absolute atomic E-state index is 13.7. The summed E-state index contributed by atoms with van der Waals surface area (Å²) >= 11 is 0. The number of halogens is 2. The van der Waals surface area contributed by atoms with Crippen LogP contribution in [0.1, 0.15) is 16.8 Å². The Bertz CT molecular complexity index is 757. The quantitative estimate of drug-likeness (QED) is 0.856. The fourth-order valence-electron chi connectivity index (χ4n) is 2.53. The number of hydrogen-bond donors (Lipinski definition) is 0. The van der Waals surface area contributed by atoms with E-state index in [2.05, 4.69) is 9.97 Å². The second-order valence-corrected chi connectivity index (χ2v) is 5.27. The van der Waals surface area contributed by atoms with Gasteiger partial charge in [0.25, 0.3) is 17.7 Å². The lowest BCUT2D eigenvalue weighted by atomic mass is 10.2. The van der Waals surface area contributed by atoms with Crippen LogP contribution < -0.4 is 9.47 Å². The van der Waals surface area contributed by atoms with Crippen molar-refractivity contribution in [3.05, 3.63) is 47.8 Å². The van der Waals surface area contributed by atoms with Crippen molar-refractivity contribution >= 4 is 5.91 Å². The van der Waals surface area contributed by atoms with Gasteiger partial charge in [-0.1, -0.05) is 0 Å². The smallest absolute Gasteiger partial charge is 0.278 e. The van der Waals surface area contributed by atoms with Crippen molar-refractivity contribution in [3.8, 4) is 11.8 Å². The Morgan fingerprint density at radius 1 is 1.25 bits per heavy atom. The molecule has 0 unspecified atom stereocenters. The molecule has 1 aromatic carbocycles. The number of ether oxygens (including phenoxy) is 2. The molecule has 6 nitrogen and oxygen atoms in total. The third kappa shape index (κ3) is 3.27. The zero-order valence-electron chi connectivity index (χ0n) is 12.9. The van der Waals surface area contributed by atoms with Crippen LogP contribution in [0.4, 0.5) is 8.78 Å².